The first-order valence-corrected chi connectivity index (χ1v) is 9.21. The normalized spacial score (nSPS) is 18.0. The van der Waals surface area contributed by atoms with E-state index < -0.39 is 0 Å². The number of unbranched alkanes of at least 4 members (excludes halogenated alkanes) is 7. The van der Waals surface area contributed by atoms with Gasteiger partial charge in [-0.05, 0) is 52.7 Å². The van der Waals surface area contributed by atoms with E-state index in [-0.39, 0.29) is 0 Å². The third kappa shape index (κ3) is 8.26. The van der Waals surface area contributed by atoms with E-state index in [0.29, 0.717) is 0 Å². The van der Waals surface area contributed by atoms with Gasteiger partial charge in [0, 0.05) is 12.1 Å². The molecule has 0 atom stereocenters. The molecule has 0 spiro atoms. The molecule has 0 unspecified atom stereocenters. The molecule has 2 heteroatoms. The van der Waals surface area contributed by atoms with Gasteiger partial charge in [-0.15, -0.1) is 0 Å². The van der Waals surface area contributed by atoms with Crippen LogP contribution in [0, 0.1) is 0 Å². The van der Waals surface area contributed by atoms with Crippen LogP contribution in [0.15, 0.2) is 0 Å². The standard InChI is InChI=1S/C18H38N2/c1-4-5-6-7-8-9-10-11-14-19-18-12-15-20(16-13-18)17(2)3/h17-19H,4-16H2,1-3H3. The Kier molecular flexibility index (Phi) is 10.4. The van der Waals surface area contributed by atoms with Crippen molar-refractivity contribution in [3.05, 3.63) is 0 Å². The molecule has 20 heavy (non-hydrogen) atoms. The molecule has 0 radical (unpaired) electrons. The summed E-state index contributed by atoms with van der Waals surface area (Å²) in [7, 11) is 0. The molecule has 120 valence electrons. The minimum Gasteiger partial charge on any atom is -0.314 e. The van der Waals surface area contributed by atoms with E-state index >= 15 is 0 Å². The predicted molar refractivity (Wildman–Crippen MR) is 90.3 cm³/mol. The van der Waals surface area contributed by atoms with Crippen LogP contribution in [0.2, 0.25) is 0 Å². The Morgan fingerprint density at radius 2 is 1.45 bits per heavy atom. The van der Waals surface area contributed by atoms with Crippen molar-refractivity contribution in [3.8, 4) is 0 Å². The lowest BCUT2D eigenvalue weighted by Gasteiger charge is -2.35. The van der Waals surface area contributed by atoms with Gasteiger partial charge in [-0.1, -0.05) is 51.9 Å². The second-order valence-corrected chi connectivity index (χ2v) is 6.83. The highest BCUT2D eigenvalue weighted by atomic mass is 15.2. The first-order chi connectivity index (χ1) is 9.74. The van der Waals surface area contributed by atoms with E-state index in [2.05, 4.69) is 31.0 Å². The van der Waals surface area contributed by atoms with Crippen molar-refractivity contribution in [3.63, 3.8) is 0 Å². The molecular formula is C18H38N2. The summed E-state index contributed by atoms with van der Waals surface area (Å²) in [6.45, 7) is 10.7. The van der Waals surface area contributed by atoms with E-state index in [9.17, 15) is 0 Å². The van der Waals surface area contributed by atoms with Gasteiger partial charge in [0.05, 0.1) is 0 Å². The van der Waals surface area contributed by atoms with Crippen LogP contribution in [0.3, 0.4) is 0 Å². The van der Waals surface area contributed by atoms with Crippen LogP contribution in [-0.2, 0) is 0 Å². The van der Waals surface area contributed by atoms with Gasteiger partial charge in [-0.3, -0.25) is 0 Å². The van der Waals surface area contributed by atoms with Gasteiger partial charge in [0.15, 0.2) is 0 Å². The Bertz CT molecular complexity index is 207. The topological polar surface area (TPSA) is 15.3 Å². The summed E-state index contributed by atoms with van der Waals surface area (Å²) in [4.78, 5) is 2.61. The highest BCUT2D eigenvalue weighted by molar-refractivity contribution is 4.78. The summed E-state index contributed by atoms with van der Waals surface area (Å²) >= 11 is 0. The zero-order valence-corrected chi connectivity index (χ0v) is 14.3. The van der Waals surface area contributed by atoms with Crippen molar-refractivity contribution in [1.82, 2.24) is 10.2 Å². The van der Waals surface area contributed by atoms with Crippen LogP contribution >= 0.6 is 0 Å². The maximum Gasteiger partial charge on any atom is 0.00914 e. The summed E-state index contributed by atoms with van der Waals surface area (Å²) in [6.07, 6.45) is 14.1. The van der Waals surface area contributed by atoms with Crippen LogP contribution < -0.4 is 5.32 Å². The van der Waals surface area contributed by atoms with Gasteiger partial charge in [-0.2, -0.15) is 0 Å². The largest absolute Gasteiger partial charge is 0.314 e. The molecule has 0 bridgehead atoms. The fourth-order valence-corrected chi connectivity index (χ4v) is 3.19. The van der Waals surface area contributed by atoms with Gasteiger partial charge in [-0.25, -0.2) is 0 Å². The van der Waals surface area contributed by atoms with E-state index in [0.717, 1.165) is 12.1 Å². The fraction of sp³-hybridized carbons (Fsp3) is 1.00. The van der Waals surface area contributed by atoms with Crippen molar-refractivity contribution in [2.45, 2.75) is 97.1 Å². The molecule has 2 nitrogen and oxygen atoms in total. The molecule has 0 aromatic heterocycles. The quantitative estimate of drug-likeness (QED) is 0.558. The monoisotopic (exact) mass is 282 g/mol. The Morgan fingerprint density at radius 1 is 0.900 bits per heavy atom. The Morgan fingerprint density at radius 3 is 2.00 bits per heavy atom. The second kappa shape index (κ2) is 11.6. The van der Waals surface area contributed by atoms with Crippen molar-refractivity contribution in [2.24, 2.45) is 0 Å². The second-order valence-electron chi connectivity index (χ2n) is 6.83. The number of hydrogen-bond acceptors (Lipinski definition) is 2. The third-order valence-corrected chi connectivity index (χ3v) is 4.72. The van der Waals surface area contributed by atoms with E-state index in [1.54, 1.807) is 0 Å². The summed E-state index contributed by atoms with van der Waals surface area (Å²) in [5, 5.41) is 3.77. The van der Waals surface area contributed by atoms with Crippen LogP contribution in [0.1, 0.15) is 85.0 Å². The SMILES string of the molecule is CCCCCCCCCCNC1CCN(C(C)C)CC1. The van der Waals surface area contributed by atoms with Crippen molar-refractivity contribution in [2.75, 3.05) is 19.6 Å². The lowest BCUT2D eigenvalue weighted by molar-refractivity contribution is 0.161. The number of rotatable bonds is 11. The van der Waals surface area contributed by atoms with E-state index in [1.165, 1.54) is 83.8 Å². The van der Waals surface area contributed by atoms with Gasteiger partial charge in [0.25, 0.3) is 0 Å². The summed E-state index contributed by atoms with van der Waals surface area (Å²) in [6, 6.07) is 1.51. The van der Waals surface area contributed by atoms with Gasteiger partial charge in [0.2, 0.25) is 0 Å². The molecule has 1 rings (SSSR count). The van der Waals surface area contributed by atoms with Gasteiger partial charge >= 0.3 is 0 Å². The summed E-state index contributed by atoms with van der Waals surface area (Å²) < 4.78 is 0. The molecule has 0 aromatic rings. The van der Waals surface area contributed by atoms with E-state index in [4.69, 9.17) is 0 Å². The molecule has 1 saturated heterocycles. The summed E-state index contributed by atoms with van der Waals surface area (Å²) in [5.41, 5.74) is 0. The van der Waals surface area contributed by atoms with Crippen LogP contribution in [0.4, 0.5) is 0 Å². The molecular weight excluding hydrogens is 244 g/mol. The molecule has 1 aliphatic rings. The number of nitrogens with one attached hydrogen (secondary N) is 1. The Hall–Kier alpha value is -0.0800. The first-order valence-electron chi connectivity index (χ1n) is 9.21. The fourth-order valence-electron chi connectivity index (χ4n) is 3.19. The smallest absolute Gasteiger partial charge is 0.00914 e. The number of likely N-dealkylation sites (tertiary alicyclic amines) is 1. The minimum absolute atomic E-state index is 0.726. The zero-order valence-electron chi connectivity index (χ0n) is 14.3. The summed E-state index contributed by atoms with van der Waals surface area (Å²) in [5.74, 6) is 0. The Balaban J connectivity index is 1.85. The van der Waals surface area contributed by atoms with Crippen LogP contribution in [0.5, 0.6) is 0 Å². The maximum absolute atomic E-state index is 3.77. The minimum atomic E-state index is 0.726. The molecule has 0 amide bonds. The molecule has 0 aromatic carbocycles. The number of hydrogen-bond donors (Lipinski definition) is 1. The van der Waals surface area contributed by atoms with Crippen molar-refractivity contribution < 1.29 is 0 Å². The van der Waals surface area contributed by atoms with Crippen molar-refractivity contribution >= 4 is 0 Å². The average Bonchev–Trinajstić information content (AvgIpc) is 2.46. The molecule has 0 aliphatic carbocycles. The highest BCUT2D eigenvalue weighted by Crippen LogP contribution is 2.13. The average molecular weight is 283 g/mol. The lowest BCUT2D eigenvalue weighted by Crippen LogP contribution is -2.45. The molecule has 1 fully saturated rings. The maximum atomic E-state index is 3.77. The van der Waals surface area contributed by atoms with Gasteiger partial charge < -0.3 is 10.2 Å². The third-order valence-electron chi connectivity index (χ3n) is 4.72. The molecule has 1 N–H and O–H groups in total. The van der Waals surface area contributed by atoms with E-state index in [1.807, 2.05) is 0 Å². The molecule has 0 saturated carbocycles. The van der Waals surface area contributed by atoms with Gasteiger partial charge in [0.1, 0.15) is 0 Å². The zero-order chi connectivity index (χ0) is 14.6. The number of piperidine rings is 1. The molecule has 1 heterocycles. The van der Waals surface area contributed by atoms with Crippen LogP contribution in [0.25, 0.3) is 0 Å². The number of nitrogens with zero attached hydrogens (tertiary/aromatic N) is 1. The molecule has 1 aliphatic heterocycles. The first kappa shape index (κ1) is 18.0. The van der Waals surface area contributed by atoms with Crippen molar-refractivity contribution in [1.29, 1.82) is 0 Å². The lowest BCUT2D eigenvalue weighted by atomic mass is 10.0. The van der Waals surface area contributed by atoms with Crippen LogP contribution in [-0.4, -0.2) is 36.6 Å². The predicted octanol–water partition coefficient (Wildman–Crippen LogP) is 4.59. The highest BCUT2D eigenvalue weighted by Gasteiger charge is 2.19. The Labute approximate surface area is 127 Å².